The second-order valence-electron chi connectivity index (χ2n) is 9.06. The number of hydrogen-bond acceptors (Lipinski definition) is 8. The molecule has 1 aliphatic heterocycles. The summed E-state index contributed by atoms with van der Waals surface area (Å²) in [5, 5.41) is 10.6. The van der Waals surface area contributed by atoms with Gasteiger partial charge in [-0.15, -0.1) is 0 Å². The number of benzene rings is 2. The molecule has 1 aromatic heterocycles. The third kappa shape index (κ3) is 5.76. The smallest absolute Gasteiger partial charge is 0.341 e. The maximum atomic E-state index is 12.7. The zero-order valence-electron chi connectivity index (χ0n) is 21.3. The Balaban J connectivity index is 1.34. The molecule has 0 radical (unpaired) electrons. The summed E-state index contributed by atoms with van der Waals surface area (Å²) >= 11 is 7.55. The Bertz CT molecular complexity index is 1550. The van der Waals surface area contributed by atoms with Gasteiger partial charge < -0.3 is 20.7 Å². The van der Waals surface area contributed by atoms with Crippen molar-refractivity contribution in [2.24, 2.45) is 10.9 Å². The molecule has 0 saturated heterocycles. The van der Waals surface area contributed by atoms with Crippen molar-refractivity contribution in [1.29, 1.82) is 0 Å². The van der Waals surface area contributed by atoms with Gasteiger partial charge in [0.15, 0.2) is 5.17 Å². The first kappa shape index (κ1) is 26.7. The number of thioether (sulfide) groups is 1. The monoisotopic (exact) mass is 563 g/mol. The number of aliphatic imine (C=N–C) groups is 1. The van der Waals surface area contributed by atoms with Crippen LogP contribution >= 0.6 is 23.4 Å². The van der Waals surface area contributed by atoms with Gasteiger partial charge >= 0.3 is 5.97 Å². The standard InChI is InChI=1S/C28H26ClN5O4S/c1-3-38-27(37)19-14-31-21-10-7-15(11-18(21)24(19)30-2)12-23-26(36)34-28(39-23)33-22-13-17(8-9-20(22)29)32-25(35)16-5-4-6-16/h7-14,16H,3-6H2,1-2H3,(H,30,31)(H,32,35)(H,33,34,36)/b23-12-. The molecule has 1 saturated carbocycles. The van der Waals surface area contributed by atoms with Gasteiger partial charge in [0.1, 0.15) is 5.56 Å². The summed E-state index contributed by atoms with van der Waals surface area (Å²) in [4.78, 5) is 46.3. The largest absolute Gasteiger partial charge is 0.462 e. The third-order valence-corrected chi connectivity index (χ3v) is 7.74. The zero-order chi connectivity index (χ0) is 27.5. The Labute approximate surface area is 234 Å². The lowest BCUT2D eigenvalue weighted by molar-refractivity contribution is -0.122. The van der Waals surface area contributed by atoms with E-state index in [4.69, 9.17) is 16.3 Å². The minimum absolute atomic E-state index is 0.00361. The maximum absolute atomic E-state index is 12.7. The van der Waals surface area contributed by atoms with Crippen LogP contribution in [-0.4, -0.2) is 41.6 Å². The van der Waals surface area contributed by atoms with Crippen molar-refractivity contribution in [2.45, 2.75) is 26.2 Å². The molecule has 1 aliphatic carbocycles. The number of pyridine rings is 1. The zero-order valence-corrected chi connectivity index (χ0v) is 22.9. The van der Waals surface area contributed by atoms with Crippen molar-refractivity contribution >= 4 is 80.4 Å². The van der Waals surface area contributed by atoms with Gasteiger partial charge in [-0.25, -0.2) is 4.79 Å². The number of hydrogen-bond donors (Lipinski definition) is 3. The van der Waals surface area contributed by atoms with Crippen LogP contribution in [0.5, 0.6) is 0 Å². The van der Waals surface area contributed by atoms with Crippen molar-refractivity contribution in [3.63, 3.8) is 0 Å². The molecule has 3 N–H and O–H groups in total. The second-order valence-corrected chi connectivity index (χ2v) is 10.5. The summed E-state index contributed by atoms with van der Waals surface area (Å²) in [6.45, 7) is 2.00. The van der Waals surface area contributed by atoms with Crippen molar-refractivity contribution in [2.75, 3.05) is 29.6 Å². The summed E-state index contributed by atoms with van der Waals surface area (Å²) in [6, 6.07) is 10.7. The number of aromatic nitrogens is 1. The van der Waals surface area contributed by atoms with Gasteiger partial charge in [0.25, 0.3) is 5.91 Å². The van der Waals surface area contributed by atoms with E-state index in [1.165, 1.54) is 18.0 Å². The number of carbonyl (C=O) groups excluding carboxylic acids is 3. The van der Waals surface area contributed by atoms with Crippen molar-refractivity contribution in [3.05, 3.63) is 63.6 Å². The molecule has 3 aromatic rings. The van der Waals surface area contributed by atoms with E-state index in [1.807, 2.05) is 18.2 Å². The summed E-state index contributed by atoms with van der Waals surface area (Å²) in [7, 11) is 1.73. The fraction of sp³-hybridized carbons (Fsp3) is 0.250. The summed E-state index contributed by atoms with van der Waals surface area (Å²) in [6.07, 6.45) is 6.12. The Hall–Kier alpha value is -3.89. The van der Waals surface area contributed by atoms with E-state index in [9.17, 15) is 14.4 Å². The predicted octanol–water partition coefficient (Wildman–Crippen LogP) is 5.93. The Morgan fingerprint density at radius 2 is 2.03 bits per heavy atom. The molecule has 200 valence electrons. The van der Waals surface area contributed by atoms with Crippen LogP contribution < -0.4 is 16.0 Å². The number of ether oxygens (including phenoxy) is 1. The minimum atomic E-state index is -0.462. The fourth-order valence-corrected chi connectivity index (χ4v) is 5.27. The first-order chi connectivity index (χ1) is 18.9. The van der Waals surface area contributed by atoms with Gasteiger partial charge in [-0.1, -0.05) is 24.1 Å². The van der Waals surface area contributed by atoms with E-state index in [0.717, 1.165) is 30.2 Å². The van der Waals surface area contributed by atoms with Gasteiger partial charge in [0.2, 0.25) is 5.91 Å². The molecule has 1 fully saturated rings. The van der Waals surface area contributed by atoms with Crippen LogP contribution in [0.3, 0.4) is 0 Å². The molecule has 2 aliphatic rings. The number of halogens is 1. The Morgan fingerprint density at radius 3 is 2.74 bits per heavy atom. The second kappa shape index (κ2) is 11.5. The number of nitrogens with zero attached hydrogens (tertiary/aromatic N) is 2. The predicted molar refractivity (Wildman–Crippen MR) is 156 cm³/mol. The van der Waals surface area contributed by atoms with Gasteiger partial charge in [0, 0.05) is 30.2 Å². The molecule has 2 amide bonds. The molecular weight excluding hydrogens is 538 g/mol. The molecule has 11 heteroatoms. The third-order valence-electron chi connectivity index (χ3n) is 6.51. The summed E-state index contributed by atoms with van der Waals surface area (Å²) < 4.78 is 5.15. The van der Waals surface area contributed by atoms with E-state index in [2.05, 4.69) is 25.9 Å². The van der Waals surface area contributed by atoms with Crippen LogP contribution in [0.1, 0.15) is 42.1 Å². The first-order valence-electron chi connectivity index (χ1n) is 12.5. The summed E-state index contributed by atoms with van der Waals surface area (Å²) in [5.74, 6) is -0.788. The SMILES string of the molecule is CCOC(=O)c1cnc2ccc(/C=C3\SC(Nc4cc(NC(=O)C5CCC5)ccc4Cl)=NC3=O)cc2c1NC. The summed E-state index contributed by atoms with van der Waals surface area (Å²) in [5.41, 5.74) is 3.52. The van der Waals surface area contributed by atoms with Crippen molar-refractivity contribution in [3.8, 4) is 0 Å². The lowest BCUT2D eigenvalue weighted by Crippen LogP contribution is -2.28. The van der Waals surface area contributed by atoms with E-state index in [0.29, 0.717) is 43.2 Å². The first-order valence-corrected chi connectivity index (χ1v) is 13.7. The molecule has 0 unspecified atom stereocenters. The highest BCUT2D eigenvalue weighted by Gasteiger charge is 2.26. The number of amidine groups is 1. The fourth-order valence-electron chi connectivity index (χ4n) is 4.28. The lowest BCUT2D eigenvalue weighted by atomic mass is 9.85. The number of rotatable bonds is 7. The lowest BCUT2D eigenvalue weighted by Gasteiger charge is -2.24. The van der Waals surface area contributed by atoms with E-state index in [-0.39, 0.29) is 24.3 Å². The maximum Gasteiger partial charge on any atom is 0.341 e. The minimum Gasteiger partial charge on any atom is -0.462 e. The number of amides is 2. The van der Waals surface area contributed by atoms with Crippen LogP contribution in [0.4, 0.5) is 17.1 Å². The molecule has 2 aromatic carbocycles. The number of anilines is 3. The topological polar surface area (TPSA) is 122 Å². The Morgan fingerprint density at radius 1 is 1.21 bits per heavy atom. The van der Waals surface area contributed by atoms with Crippen LogP contribution in [0, 0.1) is 5.92 Å². The highest BCUT2D eigenvalue weighted by atomic mass is 35.5. The molecule has 0 atom stereocenters. The van der Waals surface area contributed by atoms with Gasteiger partial charge in [0.05, 0.1) is 33.4 Å². The highest BCUT2D eigenvalue weighted by molar-refractivity contribution is 8.18. The molecule has 0 spiro atoms. The average molecular weight is 564 g/mol. The molecule has 5 rings (SSSR count). The average Bonchev–Trinajstić information content (AvgIpc) is 3.22. The number of esters is 1. The van der Waals surface area contributed by atoms with E-state index in [1.54, 1.807) is 38.2 Å². The van der Waals surface area contributed by atoms with Gasteiger partial charge in [-0.2, -0.15) is 4.99 Å². The Kier molecular flexibility index (Phi) is 7.85. The van der Waals surface area contributed by atoms with Crippen LogP contribution in [0.25, 0.3) is 17.0 Å². The van der Waals surface area contributed by atoms with E-state index < -0.39 is 5.97 Å². The van der Waals surface area contributed by atoms with Crippen LogP contribution in [0.15, 0.2) is 52.5 Å². The number of nitrogens with one attached hydrogen (secondary N) is 3. The van der Waals surface area contributed by atoms with Gasteiger partial charge in [-0.3, -0.25) is 14.6 Å². The van der Waals surface area contributed by atoms with Crippen molar-refractivity contribution in [1.82, 2.24) is 4.98 Å². The molecule has 39 heavy (non-hydrogen) atoms. The van der Waals surface area contributed by atoms with E-state index >= 15 is 0 Å². The van der Waals surface area contributed by atoms with Crippen LogP contribution in [-0.2, 0) is 14.3 Å². The normalized spacial score (nSPS) is 16.1. The van der Waals surface area contributed by atoms with Crippen LogP contribution in [0.2, 0.25) is 5.02 Å². The van der Waals surface area contributed by atoms with Crippen molar-refractivity contribution < 1.29 is 19.1 Å². The number of fused-ring (bicyclic) bond motifs is 1. The molecule has 0 bridgehead atoms. The number of carbonyl (C=O) groups is 3. The molecular formula is C28H26ClN5O4S. The highest BCUT2D eigenvalue weighted by Crippen LogP contribution is 2.34. The van der Waals surface area contributed by atoms with Gasteiger partial charge in [-0.05, 0) is 73.5 Å². The quantitative estimate of drug-likeness (QED) is 0.239. The molecule has 2 heterocycles. The molecule has 9 nitrogen and oxygen atoms in total.